The van der Waals surface area contributed by atoms with E-state index >= 15 is 0 Å². The van der Waals surface area contributed by atoms with Crippen LogP contribution in [0.2, 0.25) is 0 Å². The van der Waals surface area contributed by atoms with Crippen molar-refractivity contribution >= 4 is 28.3 Å². The van der Waals surface area contributed by atoms with E-state index in [1.54, 1.807) is 11.3 Å². The van der Waals surface area contributed by atoms with E-state index in [-0.39, 0.29) is 12.1 Å². The standard InChI is InChI=1S/C25H25N3OS/c1-17(14-18-8-4-2-5-9-18)23-26-24(29)22-20-12-13-28(15-19-10-6-3-7-11-19)16-21(20)30-25(22)27-23/h2-11,14,23,27H,12-13,15-16H2,1H3,(H,26,29). The van der Waals surface area contributed by atoms with Crippen molar-refractivity contribution in [3.05, 3.63) is 93.4 Å². The van der Waals surface area contributed by atoms with Gasteiger partial charge in [-0.2, -0.15) is 0 Å². The molecule has 0 aliphatic carbocycles. The molecule has 2 aromatic carbocycles. The van der Waals surface area contributed by atoms with Crippen LogP contribution in [0.4, 0.5) is 5.00 Å². The van der Waals surface area contributed by atoms with Crippen molar-refractivity contribution in [1.82, 2.24) is 10.2 Å². The first-order valence-corrected chi connectivity index (χ1v) is 11.2. The smallest absolute Gasteiger partial charge is 0.256 e. The van der Waals surface area contributed by atoms with Gasteiger partial charge in [0, 0.05) is 24.5 Å². The van der Waals surface area contributed by atoms with Crippen molar-refractivity contribution in [2.24, 2.45) is 0 Å². The average molecular weight is 416 g/mol. The highest BCUT2D eigenvalue weighted by Crippen LogP contribution is 2.39. The number of fused-ring (bicyclic) bond motifs is 3. The van der Waals surface area contributed by atoms with Crippen molar-refractivity contribution in [3.63, 3.8) is 0 Å². The summed E-state index contributed by atoms with van der Waals surface area (Å²) in [6.45, 7) is 4.89. The third-order valence-corrected chi connectivity index (χ3v) is 6.96. The van der Waals surface area contributed by atoms with Crippen LogP contribution in [0.25, 0.3) is 6.08 Å². The molecule has 0 saturated carbocycles. The maximum Gasteiger partial charge on any atom is 0.256 e. The number of hydrogen-bond acceptors (Lipinski definition) is 4. The summed E-state index contributed by atoms with van der Waals surface area (Å²) >= 11 is 1.74. The number of thiophene rings is 1. The molecule has 0 saturated heterocycles. The normalized spacial score (nSPS) is 18.9. The van der Waals surface area contributed by atoms with Crippen LogP contribution in [0.1, 0.15) is 38.8 Å². The van der Waals surface area contributed by atoms with Crippen LogP contribution in [0.5, 0.6) is 0 Å². The van der Waals surface area contributed by atoms with Gasteiger partial charge in [-0.25, -0.2) is 0 Å². The Balaban J connectivity index is 1.35. The Morgan fingerprint density at radius 3 is 2.60 bits per heavy atom. The van der Waals surface area contributed by atoms with E-state index in [0.717, 1.165) is 47.8 Å². The Kier molecular flexibility index (Phi) is 5.15. The van der Waals surface area contributed by atoms with Gasteiger partial charge in [-0.1, -0.05) is 66.7 Å². The van der Waals surface area contributed by atoms with E-state index in [0.29, 0.717) is 0 Å². The monoisotopic (exact) mass is 415 g/mol. The van der Waals surface area contributed by atoms with Gasteiger partial charge in [-0.15, -0.1) is 11.3 Å². The third-order valence-electron chi connectivity index (χ3n) is 5.81. The molecule has 30 heavy (non-hydrogen) atoms. The molecule has 0 spiro atoms. The minimum atomic E-state index is -0.175. The van der Waals surface area contributed by atoms with Gasteiger partial charge in [-0.3, -0.25) is 9.69 Å². The summed E-state index contributed by atoms with van der Waals surface area (Å²) in [6, 6.07) is 20.8. The number of benzene rings is 2. The molecular formula is C25H25N3OS. The molecule has 5 rings (SSSR count). The largest absolute Gasteiger partial charge is 0.353 e. The zero-order chi connectivity index (χ0) is 20.5. The summed E-state index contributed by atoms with van der Waals surface area (Å²) in [7, 11) is 0. The number of nitrogens with one attached hydrogen (secondary N) is 2. The van der Waals surface area contributed by atoms with Crippen LogP contribution in [0.3, 0.4) is 0 Å². The Hall–Kier alpha value is -2.89. The zero-order valence-corrected chi connectivity index (χ0v) is 17.8. The lowest BCUT2D eigenvalue weighted by Gasteiger charge is -2.29. The summed E-state index contributed by atoms with van der Waals surface area (Å²) in [6.07, 6.45) is 2.87. The van der Waals surface area contributed by atoms with E-state index in [9.17, 15) is 4.79 Å². The Bertz CT molecular complexity index is 1090. The van der Waals surface area contributed by atoms with Crippen molar-refractivity contribution in [3.8, 4) is 0 Å². The first kappa shape index (κ1) is 19.1. The Labute approximate surface area is 181 Å². The second kappa shape index (κ2) is 8.09. The summed E-state index contributed by atoms with van der Waals surface area (Å²) in [5, 5.41) is 7.73. The van der Waals surface area contributed by atoms with Crippen LogP contribution in [-0.2, 0) is 19.5 Å². The zero-order valence-electron chi connectivity index (χ0n) is 17.0. The number of hydrogen-bond donors (Lipinski definition) is 2. The first-order valence-electron chi connectivity index (χ1n) is 10.4. The summed E-state index contributed by atoms with van der Waals surface area (Å²) in [4.78, 5) is 16.8. The molecular weight excluding hydrogens is 390 g/mol. The molecule has 3 heterocycles. The minimum Gasteiger partial charge on any atom is -0.353 e. The third kappa shape index (κ3) is 3.78. The maximum atomic E-state index is 13.0. The molecule has 1 aromatic heterocycles. The fourth-order valence-electron chi connectivity index (χ4n) is 4.27. The lowest BCUT2D eigenvalue weighted by atomic mass is 10.00. The molecule has 3 aromatic rings. The Morgan fingerprint density at radius 1 is 1.10 bits per heavy atom. The quantitative estimate of drug-likeness (QED) is 0.638. The van der Waals surface area contributed by atoms with E-state index in [1.165, 1.54) is 16.0 Å². The van der Waals surface area contributed by atoms with Gasteiger partial charge in [0.2, 0.25) is 0 Å². The molecule has 2 N–H and O–H groups in total. The van der Waals surface area contributed by atoms with E-state index < -0.39 is 0 Å². The van der Waals surface area contributed by atoms with Crippen molar-refractivity contribution in [2.75, 3.05) is 11.9 Å². The predicted molar refractivity (Wildman–Crippen MR) is 124 cm³/mol. The number of nitrogens with zero attached hydrogens (tertiary/aromatic N) is 1. The summed E-state index contributed by atoms with van der Waals surface area (Å²) in [5.74, 6) is 0.0450. The number of carbonyl (C=O) groups excluding carboxylic acids is 1. The maximum absolute atomic E-state index is 13.0. The van der Waals surface area contributed by atoms with Crippen LogP contribution in [0.15, 0.2) is 66.2 Å². The number of carbonyl (C=O) groups is 1. The predicted octanol–water partition coefficient (Wildman–Crippen LogP) is 4.89. The summed E-state index contributed by atoms with van der Waals surface area (Å²) < 4.78 is 0. The topological polar surface area (TPSA) is 44.4 Å². The van der Waals surface area contributed by atoms with Gasteiger partial charge in [0.15, 0.2) is 0 Å². The van der Waals surface area contributed by atoms with Gasteiger partial charge in [0.05, 0.1) is 5.56 Å². The van der Waals surface area contributed by atoms with Crippen molar-refractivity contribution in [2.45, 2.75) is 32.6 Å². The highest BCUT2D eigenvalue weighted by molar-refractivity contribution is 7.16. The molecule has 1 atom stereocenters. The molecule has 0 radical (unpaired) electrons. The van der Waals surface area contributed by atoms with Gasteiger partial charge < -0.3 is 10.6 Å². The highest BCUT2D eigenvalue weighted by atomic mass is 32.1. The van der Waals surface area contributed by atoms with Gasteiger partial charge in [0.25, 0.3) is 5.91 Å². The second-order valence-electron chi connectivity index (χ2n) is 8.00. The minimum absolute atomic E-state index is 0.0450. The van der Waals surface area contributed by atoms with Crippen LogP contribution >= 0.6 is 11.3 Å². The van der Waals surface area contributed by atoms with E-state index in [2.05, 4.69) is 71.0 Å². The SMILES string of the molecule is CC(=Cc1ccccc1)C1NC(=O)c2c(sc3c2CCN(Cc2ccccc2)C3)N1. The van der Waals surface area contributed by atoms with Gasteiger partial charge in [0.1, 0.15) is 11.2 Å². The average Bonchev–Trinajstić information content (AvgIpc) is 3.13. The van der Waals surface area contributed by atoms with Crippen molar-refractivity contribution < 1.29 is 4.79 Å². The van der Waals surface area contributed by atoms with Crippen LogP contribution < -0.4 is 10.6 Å². The highest BCUT2D eigenvalue weighted by Gasteiger charge is 2.33. The molecule has 0 bridgehead atoms. The molecule has 4 nitrogen and oxygen atoms in total. The van der Waals surface area contributed by atoms with Crippen LogP contribution in [-0.4, -0.2) is 23.5 Å². The Morgan fingerprint density at radius 2 is 1.83 bits per heavy atom. The number of rotatable bonds is 4. The fourth-order valence-corrected chi connectivity index (χ4v) is 5.58. The van der Waals surface area contributed by atoms with Crippen LogP contribution in [0, 0.1) is 0 Å². The van der Waals surface area contributed by atoms with Crippen molar-refractivity contribution in [1.29, 1.82) is 0 Å². The summed E-state index contributed by atoms with van der Waals surface area (Å²) in [5.41, 5.74) is 5.65. The number of amides is 1. The first-order chi connectivity index (χ1) is 14.7. The van der Waals surface area contributed by atoms with Gasteiger partial charge >= 0.3 is 0 Å². The molecule has 0 fully saturated rings. The van der Waals surface area contributed by atoms with E-state index in [1.807, 2.05) is 18.2 Å². The van der Waals surface area contributed by atoms with E-state index in [4.69, 9.17) is 0 Å². The molecule has 2 aliphatic rings. The molecule has 1 amide bonds. The molecule has 2 aliphatic heterocycles. The lowest BCUT2D eigenvalue weighted by molar-refractivity contribution is 0.0940. The lowest BCUT2D eigenvalue weighted by Crippen LogP contribution is -2.45. The molecule has 152 valence electrons. The number of anilines is 1. The second-order valence-corrected chi connectivity index (χ2v) is 9.11. The fraction of sp³-hybridized carbons (Fsp3) is 0.240. The van der Waals surface area contributed by atoms with Gasteiger partial charge in [-0.05, 0) is 35.6 Å². The molecule has 5 heteroatoms. The molecule has 1 unspecified atom stereocenters.